The van der Waals surface area contributed by atoms with Gasteiger partial charge in [-0.2, -0.15) is 0 Å². The Balaban J connectivity index is 1.99. The number of fused-ring (bicyclic) bond motifs is 2. The Morgan fingerprint density at radius 1 is 0.839 bits per heavy atom. The number of esters is 1. The molecule has 0 unspecified atom stereocenters. The van der Waals surface area contributed by atoms with Crippen LogP contribution in [-0.2, 0) is 28.6 Å². The van der Waals surface area contributed by atoms with Gasteiger partial charge in [0.25, 0.3) is 0 Å². The molecule has 3 heterocycles. The molecule has 2 saturated heterocycles. The quantitative estimate of drug-likeness (QED) is 0.216. The van der Waals surface area contributed by atoms with Crippen LogP contribution in [0.1, 0.15) is 121 Å². The smallest absolute Gasteiger partial charge is 0.330 e. The molecule has 0 amide bonds. The minimum Gasteiger partial charge on any atom is -0.458 e. The predicted octanol–water partition coefficient (Wildman–Crippen LogP) is 5.88. The molecule has 11 nitrogen and oxygen atoms in total. The number of Topliss-reactive ketones (excluding diaryl/α,β-unsaturated/α-hetero) is 2. The van der Waals surface area contributed by atoms with Crippen LogP contribution in [0.4, 0.5) is 0 Å². The summed E-state index contributed by atoms with van der Waals surface area (Å²) in [7, 11) is 0. The van der Waals surface area contributed by atoms with E-state index in [1.807, 2.05) is 32.1 Å². The standard InChI is InChI=1S/C45H74O11/c1-12-34-17-15-13-14-16-27(4)42(51)44(11,53)43(52)32(9)40(50)31(8)39(49)30(7)38(48)26(3)18-21-37(47)54-41-29(6)35(20-19-34)55-45(33(41)10)23-22-25(2)36(56-45)24-28(5)46/h13-15,17-18,21,25-36,38,40-42,46,48,50-51,53H,12,16,19-20,22-24H2,1-11H3/b14-13-,17-15-,21-18?/t25-,26-,27+,28+,29+,30-,31-,32-,33-,34-,35-,36-,38+,40+,41+,42-,44+,45-/m1/s1. The second-order valence-corrected chi connectivity index (χ2v) is 18.0. The number of ether oxygens (including phenoxy) is 3. The molecule has 0 aromatic carbocycles. The lowest BCUT2D eigenvalue weighted by Gasteiger charge is -2.55. The first-order chi connectivity index (χ1) is 26.1. The van der Waals surface area contributed by atoms with Crippen molar-refractivity contribution in [2.75, 3.05) is 0 Å². The number of hydrogen-bond donors (Lipinski definition) is 5. The van der Waals surface area contributed by atoms with Gasteiger partial charge in [-0.15, -0.1) is 0 Å². The highest BCUT2D eigenvalue weighted by molar-refractivity contribution is 5.91. The number of aliphatic hydroxyl groups is 5. The fraction of sp³-hybridized carbons (Fsp3) is 0.800. The zero-order chi connectivity index (χ0) is 42.3. The van der Waals surface area contributed by atoms with Gasteiger partial charge in [-0.25, -0.2) is 4.79 Å². The van der Waals surface area contributed by atoms with Gasteiger partial charge in [0.15, 0.2) is 11.6 Å². The first kappa shape index (κ1) is 48.1. The minimum absolute atomic E-state index is 0.168. The van der Waals surface area contributed by atoms with Crippen LogP contribution in [0.3, 0.4) is 0 Å². The molecule has 0 saturated carbocycles. The lowest BCUT2D eigenvalue weighted by Crippen LogP contribution is -2.62. The second kappa shape index (κ2) is 20.6. The molecule has 0 aromatic rings. The molecule has 3 aliphatic rings. The molecule has 1 spiro atoms. The fourth-order valence-electron chi connectivity index (χ4n) is 9.01. The van der Waals surface area contributed by atoms with Crippen molar-refractivity contribution < 1.29 is 54.1 Å². The number of allylic oxidation sites excluding steroid dienone is 4. The Labute approximate surface area is 336 Å². The van der Waals surface area contributed by atoms with Crippen LogP contribution in [0.5, 0.6) is 0 Å². The van der Waals surface area contributed by atoms with Gasteiger partial charge in [0, 0.05) is 48.0 Å². The van der Waals surface area contributed by atoms with E-state index in [0.717, 1.165) is 19.3 Å². The summed E-state index contributed by atoms with van der Waals surface area (Å²) in [6.07, 6.45) is 9.62. The van der Waals surface area contributed by atoms with E-state index >= 15 is 0 Å². The van der Waals surface area contributed by atoms with Crippen LogP contribution in [0, 0.1) is 53.3 Å². The molecule has 0 aromatic heterocycles. The Kier molecular flexibility index (Phi) is 17.7. The van der Waals surface area contributed by atoms with Crippen molar-refractivity contribution in [3.05, 3.63) is 36.5 Å². The third-order valence-electron chi connectivity index (χ3n) is 13.4. The van der Waals surface area contributed by atoms with Crippen molar-refractivity contribution in [2.24, 2.45) is 53.3 Å². The number of carbonyl (C=O) groups excluding carboxylic acids is 3. The molecule has 56 heavy (non-hydrogen) atoms. The van der Waals surface area contributed by atoms with Gasteiger partial charge in [0.2, 0.25) is 0 Å². The molecule has 3 aliphatic heterocycles. The number of aliphatic hydroxyl groups excluding tert-OH is 4. The average molecular weight is 791 g/mol. The Morgan fingerprint density at radius 2 is 1.48 bits per heavy atom. The van der Waals surface area contributed by atoms with Crippen molar-refractivity contribution >= 4 is 17.5 Å². The third kappa shape index (κ3) is 11.5. The van der Waals surface area contributed by atoms with Crippen molar-refractivity contribution in [3.8, 4) is 0 Å². The highest BCUT2D eigenvalue weighted by Crippen LogP contribution is 2.49. The molecule has 0 radical (unpaired) electrons. The van der Waals surface area contributed by atoms with Crippen molar-refractivity contribution in [3.63, 3.8) is 0 Å². The molecule has 3 rings (SSSR count). The Hall–Kier alpha value is -2.25. The molecular formula is C45H74O11. The third-order valence-corrected chi connectivity index (χ3v) is 13.4. The zero-order valence-corrected chi connectivity index (χ0v) is 35.8. The molecule has 320 valence electrons. The second-order valence-electron chi connectivity index (χ2n) is 18.0. The van der Waals surface area contributed by atoms with Gasteiger partial charge in [-0.05, 0) is 70.1 Å². The monoisotopic (exact) mass is 791 g/mol. The summed E-state index contributed by atoms with van der Waals surface area (Å²) in [6.45, 7) is 19.1. The summed E-state index contributed by atoms with van der Waals surface area (Å²) in [5.41, 5.74) is -2.18. The van der Waals surface area contributed by atoms with E-state index in [1.165, 1.54) is 39.8 Å². The number of hydrogen-bond acceptors (Lipinski definition) is 11. The van der Waals surface area contributed by atoms with Crippen LogP contribution in [0.15, 0.2) is 36.5 Å². The van der Waals surface area contributed by atoms with Gasteiger partial charge >= 0.3 is 5.97 Å². The normalized spacial score (nSPS) is 46.2. The van der Waals surface area contributed by atoms with E-state index in [0.29, 0.717) is 25.7 Å². The highest BCUT2D eigenvalue weighted by atomic mass is 16.7. The van der Waals surface area contributed by atoms with Crippen LogP contribution in [0.25, 0.3) is 0 Å². The van der Waals surface area contributed by atoms with E-state index in [9.17, 15) is 39.9 Å². The predicted molar refractivity (Wildman–Crippen MR) is 215 cm³/mol. The Morgan fingerprint density at radius 3 is 2.11 bits per heavy atom. The maximum atomic E-state index is 13.5. The minimum atomic E-state index is -2.18. The van der Waals surface area contributed by atoms with Crippen LogP contribution in [0.2, 0.25) is 0 Å². The van der Waals surface area contributed by atoms with Crippen molar-refractivity contribution in [1.29, 1.82) is 0 Å². The fourth-order valence-corrected chi connectivity index (χ4v) is 9.01. The van der Waals surface area contributed by atoms with Crippen LogP contribution >= 0.6 is 0 Å². The average Bonchev–Trinajstić information content (AvgIpc) is 3.16. The summed E-state index contributed by atoms with van der Waals surface area (Å²) in [5.74, 6) is -7.28. The van der Waals surface area contributed by atoms with Gasteiger partial charge < -0.3 is 39.7 Å². The van der Waals surface area contributed by atoms with E-state index < -0.39 is 89.0 Å². The van der Waals surface area contributed by atoms with E-state index in [2.05, 4.69) is 19.9 Å². The van der Waals surface area contributed by atoms with E-state index in [4.69, 9.17) is 14.2 Å². The number of ketones is 2. The lowest BCUT2D eigenvalue weighted by atomic mass is 9.74. The van der Waals surface area contributed by atoms with Gasteiger partial charge in [0.1, 0.15) is 17.5 Å². The topological polar surface area (TPSA) is 180 Å². The van der Waals surface area contributed by atoms with Gasteiger partial charge in [-0.3, -0.25) is 9.59 Å². The Bertz CT molecular complexity index is 1390. The van der Waals surface area contributed by atoms with E-state index in [1.54, 1.807) is 20.8 Å². The van der Waals surface area contributed by atoms with Gasteiger partial charge in [0.05, 0.1) is 36.6 Å². The summed E-state index contributed by atoms with van der Waals surface area (Å²) < 4.78 is 20.0. The maximum absolute atomic E-state index is 13.5. The zero-order valence-electron chi connectivity index (χ0n) is 35.8. The first-order valence-electron chi connectivity index (χ1n) is 21.2. The summed E-state index contributed by atoms with van der Waals surface area (Å²) in [4.78, 5) is 40.5. The van der Waals surface area contributed by atoms with Gasteiger partial charge in [-0.1, -0.05) is 92.7 Å². The summed E-state index contributed by atoms with van der Waals surface area (Å²) in [5, 5.41) is 55.0. The molecule has 2 fully saturated rings. The number of rotatable bonds is 3. The van der Waals surface area contributed by atoms with Crippen LogP contribution in [-0.4, -0.2) is 97.2 Å². The van der Waals surface area contributed by atoms with E-state index in [-0.39, 0.29) is 35.9 Å². The largest absolute Gasteiger partial charge is 0.458 e. The highest BCUT2D eigenvalue weighted by Gasteiger charge is 2.56. The SMILES string of the molecule is CC[C@@H]1/C=C\C=C/C[C@H](C)[C@@H](O)[C@](C)(O)C(=O)[C@H](C)[C@@H](O)[C@H](C)C(=O)[C@H](C)[C@@H](O)[C@H](C)C=CC(=O)O[C@H]2[C@@H](C)[C@@H](CC1)O[C@@]1(CC[C@@H](C)[C@@H](C[C@H](C)O)O1)[C@@H]2C. The molecular weight excluding hydrogens is 716 g/mol. The molecule has 5 N–H and O–H groups in total. The summed E-state index contributed by atoms with van der Waals surface area (Å²) >= 11 is 0. The molecule has 18 atom stereocenters. The number of carbonyl (C=O) groups is 3. The molecule has 11 heteroatoms. The lowest BCUT2D eigenvalue weighted by molar-refractivity contribution is -0.371. The first-order valence-corrected chi connectivity index (χ1v) is 21.2. The molecule has 0 aliphatic carbocycles. The summed E-state index contributed by atoms with van der Waals surface area (Å²) in [6, 6.07) is 0. The molecule has 2 bridgehead atoms. The van der Waals surface area contributed by atoms with Crippen molar-refractivity contribution in [1.82, 2.24) is 0 Å². The van der Waals surface area contributed by atoms with Crippen molar-refractivity contribution in [2.45, 2.75) is 175 Å². The van der Waals surface area contributed by atoms with Crippen LogP contribution < -0.4 is 0 Å². The maximum Gasteiger partial charge on any atom is 0.330 e.